The first-order chi connectivity index (χ1) is 16.5. The molecule has 0 aromatic heterocycles. The van der Waals surface area contributed by atoms with Crippen LogP contribution >= 0.6 is 11.6 Å². The van der Waals surface area contributed by atoms with E-state index in [4.69, 9.17) is 11.6 Å². The summed E-state index contributed by atoms with van der Waals surface area (Å²) in [5.41, 5.74) is 4.44. The standard InChI is InChI=1S/C28H31ClFN3O/c1-2-31-28(34)33(26-13-9-24(29)10-14-26)20-23-5-3-4-6-27(23)22-15-17-32(18-16-22)19-21-7-11-25(30)12-8-21/h3-14,22H,2,15-20H2,1H3,(H,31,34). The Morgan fingerprint density at radius 2 is 1.71 bits per heavy atom. The van der Waals surface area contributed by atoms with Crippen LogP contribution < -0.4 is 10.2 Å². The van der Waals surface area contributed by atoms with Crippen molar-refractivity contribution in [2.24, 2.45) is 0 Å². The maximum Gasteiger partial charge on any atom is 0.322 e. The van der Waals surface area contributed by atoms with Crippen molar-refractivity contribution in [3.63, 3.8) is 0 Å². The third-order valence-electron chi connectivity index (χ3n) is 6.44. The minimum Gasteiger partial charge on any atom is -0.338 e. The van der Waals surface area contributed by atoms with Crippen LogP contribution in [0.5, 0.6) is 0 Å². The molecule has 1 fully saturated rings. The smallest absolute Gasteiger partial charge is 0.322 e. The molecule has 0 unspecified atom stereocenters. The molecule has 1 heterocycles. The van der Waals surface area contributed by atoms with E-state index < -0.39 is 0 Å². The number of likely N-dealkylation sites (tertiary alicyclic amines) is 1. The number of anilines is 1. The molecule has 34 heavy (non-hydrogen) atoms. The first-order valence-corrected chi connectivity index (χ1v) is 12.3. The number of amides is 2. The van der Waals surface area contributed by atoms with Crippen molar-refractivity contribution in [3.8, 4) is 0 Å². The van der Waals surface area contributed by atoms with E-state index in [1.165, 1.54) is 23.3 Å². The summed E-state index contributed by atoms with van der Waals surface area (Å²) in [6.45, 7) is 5.82. The number of carbonyl (C=O) groups is 1. The minimum atomic E-state index is -0.195. The van der Waals surface area contributed by atoms with Gasteiger partial charge in [0.05, 0.1) is 6.54 Å². The molecule has 0 bridgehead atoms. The molecule has 0 spiro atoms. The molecule has 1 N–H and O–H groups in total. The number of nitrogens with zero attached hydrogens (tertiary/aromatic N) is 2. The van der Waals surface area contributed by atoms with Crippen LogP contribution in [-0.4, -0.2) is 30.6 Å². The Morgan fingerprint density at radius 1 is 1.03 bits per heavy atom. The number of halogens is 2. The molecule has 4 nitrogen and oxygen atoms in total. The molecule has 178 valence electrons. The Bertz CT molecular complexity index is 1080. The molecular weight excluding hydrogens is 449 g/mol. The van der Waals surface area contributed by atoms with Gasteiger partial charge >= 0.3 is 6.03 Å². The van der Waals surface area contributed by atoms with Crippen LogP contribution in [0.2, 0.25) is 5.02 Å². The fourth-order valence-electron chi connectivity index (χ4n) is 4.64. The molecule has 4 rings (SSSR count). The van der Waals surface area contributed by atoms with Gasteiger partial charge in [-0.3, -0.25) is 9.80 Å². The van der Waals surface area contributed by atoms with Crippen LogP contribution in [0, 0.1) is 5.82 Å². The Labute approximate surface area is 206 Å². The van der Waals surface area contributed by atoms with E-state index in [1.807, 2.05) is 49.4 Å². The average molecular weight is 480 g/mol. The second-order valence-electron chi connectivity index (χ2n) is 8.77. The zero-order valence-corrected chi connectivity index (χ0v) is 20.3. The summed E-state index contributed by atoms with van der Waals surface area (Å²) in [6.07, 6.45) is 2.11. The van der Waals surface area contributed by atoms with Crippen LogP contribution in [0.4, 0.5) is 14.9 Å². The highest BCUT2D eigenvalue weighted by Crippen LogP contribution is 2.32. The molecule has 3 aromatic rings. The summed E-state index contributed by atoms with van der Waals surface area (Å²) in [4.78, 5) is 17.1. The zero-order chi connectivity index (χ0) is 23.9. The van der Waals surface area contributed by atoms with Crippen molar-refractivity contribution in [1.82, 2.24) is 10.2 Å². The highest BCUT2D eigenvalue weighted by atomic mass is 35.5. The maximum absolute atomic E-state index is 13.2. The molecule has 1 saturated heterocycles. The number of urea groups is 1. The van der Waals surface area contributed by atoms with E-state index >= 15 is 0 Å². The zero-order valence-electron chi connectivity index (χ0n) is 19.5. The van der Waals surface area contributed by atoms with Gasteiger partial charge in [0.1, 0.15) is 5.82 Å². The highest BCUT2D eigenvalue weighted by Gasteiger charge is 2.24. The van der Waals surface area contributed by atoms with Gasteiger partial charge < -0.3 is 5.32 Å². The summed E-state index contributed by atoms with van der Waals surface area (Å²) in [5.74, 6) is 0.251. The van der Waals surface area contributed by atoms with Gasteiger partial charge in [0, 0.05) is 23.8 Å². The van der Waals surface area contributed by atoms with Crippen LogP contribution in [0.1, 0.15) is 42.4 Å². The number of hydrogen-bond donors (Lipinski definition) is 1. The van der Waals surface area contributed by atoms with Crippen LogP contribution in [0.3, 0.4) is 0 Å². The third kappa shape index (κ3) is 6.16. The molecule has 1 aliphatic heterocycles. The number of rotatable bonds is 7. The molecule has 0 atom stereocenters. The first-order valence-electron chi connectivity index (χ1n) is 11.9. The lowest BCUT2D eigenvalue weighted by molar-refractivity contribution is 0.204. The van der Waals surface area contributed by atoms with Crippen molar-refractivity contribution in [2.75, 3.05) is 24.5 Å². The lowest BCUT2D eigenvalue weighted by Crippen LogP contribution is -2.40. The van der Waals surface area contributed by atoms with Crippen LogP contribution in [0.15, 0.2) is 72.8 Å². The fraction of sp³-hybridized carbons (Fsp3) is 0.321. The number of piperidine rings is 1. The van der Waals surface area contributed by atoms with Gasteiger partial charge in [-0.05, 0) is 91.9 Å². The Morgan fingerprint density at radius 3 is 2.38 bits per heavy atom. The molecule has 3 aromatic carbocycles. The van der Waals surface area contributed by atoms with Crippen LogP contribution in [0.25, 0.3) is 0 Å². The van der Waals surface area contributed by atoms with Crippen molar-refractivity contribution >= 4 is 23.3 Å². The highest BCUT2D eigenvalue weighted by molar-refractivity contribution is 6.30. The van der Waals surface area contributed by atoms with E-state index in [1.54, 1.807) is 4.90 Å². The Balaban J connectivity index is 1.47. The predicted molar refractivity (Wildman–Crippen MR) is 137 cm³/mol. The predicted octanol–water partition coefficient (Wildman–Crippen LogP) is 6.59. The van der Waals surface area contributed by atoms with Crippen molar-refractivity contribution in [1.29, 1.82) is 0 Å². The van der Waals surface area contributed by atoms with E-state index in [-0.39, 0.29) is 11.8 Å². The van der Waals surface area contributed by atoms with E-state index in [0.717, 1.165) is 43.7 Å². The average Bonchev–Trinajstić information content (AvgIpc) is 2.85. The molecule has 1 aliphatic rings. The topological polar surface area (TPSA) is 35.6 Å². The lowest BCUT2D eigenvalue weighted by Gasteiger charge is -2.33. The summed E-state index contributed by atoms with van der Waals surface area (Å²) in [5, 5.41) is 3.58. The largest absolute Gasteiger partial charge is 0.338 e. The number of benzene rings is 3. The van der Waals surface area contributed by atoms with Gasteiger partial charge in [-0.1, -0.05) is 48.0 Å². The van der Waals surface area contributed by atoms with Gasteiger partial charge in [0.25, 0.3) is 0 Å². The van der Waals surface area contributed by atoms with Gasteiger partial charge in [0.15, 0.2) is 0 Å². The summed E-state index contributed by atoms with van der Waals surface area (Å²) >= 11 is 6.07. The van der Waals surface area contributed by atoms with Crippen molar-refractivity contribution in [3.05, 3.63) is 100 Å². The molecule has 2 amide bonds. The first kappa shape index (κ1) is 24.2. The second kappa shape index (κ2) is 11.5. The van der Waals surface area contributed by atoms with E-state index in [2.05, 4.69) is 28.4 Å². The van der Waals surface area contributed by atoms with Crippen molar-refractivity contribution < 1.29 is 9.18 Å². The quantitative estimate of drug-likeness (QED) is 0.414. The SMILES string of the molecule is CCNC(=O)N(Cc1ccccc1C1CCN(Cc2ccc(F)cc2)CC1)c1ccc(Cl)cc1. The minimum absolute atomic E-state index is 0.117. The Kier molecular flexibility index (Phi) is 8.20. The van der Waals surface area contributed by atoms with Crippen LogP contribution in [-0.2, 0) is 13.1 Å². The second-order valence-corrected chi connectivity index (χ2v) is 9.21. The molecule has 0 saturated carbocycles. The fourth-order valence-corrected chi connectivity index (χ4v) is 4.77. The number of carbonyl (C=O) groups excluding carboxylic acids is 1. The summed E-state index contributed by atoms with van der Waals surface area (Å²) < 4.78 is 13.2. The normalized spacial score (nSPS) is 14.7. The van der Waals surface area contributed by atoms with Gasteiger partial charge in [-0.15, -0.1) is 0 Å². The van der Waals surface area contributed by atoms with Gasteiger partial charge in [0.2, 0.25) is 0 Å². The van der Waals surface area contributed by atoms with Gasteiger partial charge in [-0.25, -0.2) is 9.18 Å². The molecule has 0 radical (unpaired) electrons. The molecular formula is C28H31ClFN3O. The molecule has 6 heteroatoms. The number of hydrogen-bond acceptors (Lipinski definition) is 2. The monoisotopic (exact) mass is 479 g/mol. The lowest BCUT2D eigenvalue weighted by atomic mass is 9.86. The number of nitrogens with one attached hydrogen (secondary N) is 1. The van der Waals surface area contributed by atoms with E-state index in [0.29, 0.717) is 24.0 Å². The summed E-state index contributed by atoms with van der Waals surface area (Å²) in [7, 11) is 0. The van der Waals surface area contributed by atoms with E-state index in [9.17, 15) is 9.18 Å². The summed E-state index contributed by atoms with van der Waals surface area (Å²) in [6, 6.07) is 22.5. The van der Waals surface area contributed by atoms with Gasteiger partial charge in [-0.2, -0.15) is 0 Å². The van der Waals surface area contributed by atoms with Crippen molar-refractivity contribution in [2.45, 2.75) is 38.8 Å². The Hall–Kier alpha value is -2.89. The third-order valence-corrected chi connectivity index (χ3v) is 6.69. The maximum atomic E-state index is 13.2. The molecule has 0 aliphatic carbocycles.